The van der Waals surface area contributed by atoms with E-state index >= 15 is 0 Å². The van der Waals surface area contributed by atoms with Crippen LogP contribution in [-0.4, -0.2) is 38.4 Å². The summed E-state index contributed by atoms with van der Waals surface area (Å²) in [5.74, 6) is 1.07. The first-order valence-electron chi connectivity index (χ1n) is 8.52. The fourth-order valence-corrected chi connectivity index (χ4v) is 3.54. The Labute approximate surface area is 157 Å². The van der Waals surface area contributed by atoms with Crippen molar-refractivity contribution >= 4 is 17.7 Å². The van der Waals surface area contributed by atoms with E-state index in [1.54, 1.807) is 24.5 Å². The summed E-state index contributed by atoms with van der Waals surface area (Å²) in [6.07, 6.45) is 4.23. The summed E-state index contributed by atoms with van der Waals surface area (Å²) in [5, 5.41) is 8.91. The van der Waals surface area contributed by atoms with E-state index in [1.807, 2.05) is 41.8 Å². The van der Waals surface area contributed by atoms with Crippen molar-refractivity contribution in [3.8, 4) is 5.69 Å². The lowest BCUT2D eigenvalue weighted by Gasteiger charge is -2.23. The highest BCUT2D eigenvalue weighted by Gasteiger charge is 2.20. The zero-order valence-corrected chi connectivity index (χ0v) is 15.9. The summed E-state index contributed by atoms with van der Waals surface area (Å²) < 4.78 is 7.33. The number of carbonyl (C=O) groups is 1. The maximum absolute atomic E-state index is 12.6. The molecule has 2 aromatic heterocycles. The van der Waals surface area contributed by atoms with Crippen molar-refractivity contribution in [1.29, 1.82) is 0 Å². The van der Waals surface area contributed by atoms with Gasteiger partial charge in [0.15, 0.2) is 5.16 Å². The summed E-state index contributed by atoms with van der Waals surface area (Å²) >= 11 is 1.39. The van der Waals surface area contributed by atoms with Crippen LogP contribution in [0.1, 0.15) is 31.2 Å². The number of hydrogen-bond donors (Lipinski definition) is 0. The number of benzene rings is 1. The number of amides is 1. The van der Waals surface area contributed by atoms with Crippen LogP contribution in [-0.2, 0) is 11.2 Å². The van der Waals surface area contributed by atoms with E-state index in [0.29, 0.717) is 5.16 Å². The van der Waals surface area contributed by atoms with Gasteiger partial charge in [0.05, 0.1) is 23.7 Å². The molecule has 3 rings (SSSR count). The number of aryl methyl sites for hydroxylation is 1. The molecule has 0 fully saturated rings. The van der Waals surface area contributed by atoms with Gasteiger partial charge in [-0.1, -0.05) is 36.9 Å². The first kappa shape index (κ1) is 18.3. The molecule has 0 saturated carbocycles. The maximum Gasteiger partial charge on any atom is 0.233 e. The summed E-state index contributed by atoms with van der Waals surface area (Å²) in [5.41, 5.74) is 2.26. The van der Waals surface area contributed by atoms with E-state index < -0.39 is 0 Å². The number of hydrogen-bond acceptors (Lipinski definition) is 5. The van der Waals surface area contributed by atoms with Gasteiger partial charge in [-0.3, -0.25) is 9.36 Å². The zero-order chi connectivity index (χ0) is 18.5. The van der Waals surface area contributed by atoms with Gasteiger partial charge in [-0.2, -0.15) is 0 Å². The monoisotopic (exact) mass is 370 g/mol. The second kappa shape index (κ2) is 8.23. The maximum atomic E-state index is 12.6. The van der Waals surface area contributed by atoms with Gasteiger partial charge in [-0.25, -0.2) is 0 Å². The lowest BCUT2D eigenvalue weighted by molar-refractivity contribution is -0.129. The van der Waals surface area contributed by atoms with E-state index in [-0.39, 0.29) is 17.7 Å². The Morgan fingerprint density at radius 3 is 2.85 bits per heavy atom. The molecule has 6 nitrogen and oxygen atoms in total. The van der Waals surface area contributed by atoms with Crippen molar-refractivity contribution in [1.82, 2.24) is 19.7 Å². The molecule has 0 N–H and O–H groups in total. The van der Waals surface area contributed by atoms with Gasteiger partial charge in [0, 0.05) is 7.05 Å². The topological polar surface area (TPSA) is 64.2 Å². The zero-order valence-electron chi connectivity index (χ0n) is 15.1. The quantitative estimate of drug-likeness (QED) is 0.593. The summed E-state index contributed by atoms with van der Waals surface area (Å²) in [7, 11) is 1.78. The Morgan fingerprint density at radius 1 is 1.31 bits per heavy atom. The number of rotatable bonds is 7. The van der Waals surface area contributed by atoms with Gasteiger partial charge in [0.25, 0.3) is 0 Å². The molecule has 7 heteroatoms. The predicted octanol–water partition coefficient (Wildman–Crippen LogP) is 3.73. The molecule has 1 atom stereocenters. The highest BCUT2D eigenvalue weighted by atomic mass is 32.2. The van der Waals surface area contributed by atoms with Gasteiger partial charge in [0.1, 0.15) is 12.1 Å². The Bertz CT molecular complexity index is 860. The van der Waals surface area contributed by atoms with Crippen molar-refractivity contribution in [3.63, 3.8) is 0 Å². The number of para-hydroxylation sites is 1. The molecule has 3 aromatic rings. The van der Waals surface area contributed by atoms with E-state index in [9.17, 15) is 4.79 Å². The van der Waals surface area contributed by atoms with Gasteiger partial charge >= 0.3 is 0 Å². The molecule has 0 saturated heterocycles. The second-order valence-electron chi connectivity index (χ2n) is 5.95. The third-order valence-corrected chi connectivity index (χ3v) is 5.33. The van der Waals surface area contributed by atoms with Gasteiger partial charge < -0.3 is 9.32 Å². The van der Waals surface area contributed by atoms with Crippen LogP contribution in [0.15, 0.2) is 58.6 Å². The normalized spacial score (nSPS) is 12.1. The number of furan rings is 1. The third-order valence-electron chi connectivity index (χ3n) is 4.40. The fourth-order valence-electron chi connectivity index (χ4n) is 2.70. The van der Waals surface area contributed by atoms with Crippen molar-refractivity contribution in [2.24, 2.45) is 0 Å². The number of thioether (sulfide) groups is 1. The molecule has 0 aliphatic heterocycles. The highest BCUT2D eigenvalue weighted by Crippen LogP contribution is 2.24. The van der Waals surface area contributed by atoms with Crippen molar-refractivity contribution in [2.75, 3.05) is 12.8 Å². The molecule has 1 aromatic carbocycles. The molecular weight excluding hydrogens is 348 g/mol. The van der Waals surface area contributed by atoms with Gasteiger partial charge in [-0.15, -0.1) is 10.2 Å². The smallest absolute Gasteiger partial charge is 0.233 e. The van der Waals surface area contributed by atoms with Crippen LogP contribution in [0.5, 0.6) is 0 Å². The lowest BCUT2D eigenvalue weighted by Crippen LogP contribution is -2.31. The molecule has 0 aliphatic rings. The molecule has 1 amide bonds. The van der Waals surface area contributed by atoms with E-state index in [0.717, 1.165) is 17.9 Å². The van der Waals surface area contributed by atoms with Crippen LogP contribution in [0, 0.1) is 0 Å². The first-order chi connectivity index (χ1) is 12.6. The Hall–Kier alpha value is -2.54. The molecule has 1 unspecified atom stereocenters. The second-order valence-corrected chi connectivity index (χ2v) is 6.89. The minimum absolute atomic E-state index is 0.0113. The Kier molecular flexibility index (Phi) is 5.78. The highest BCUT2D eigenvalue weighted by molar-refractivity contribution is 7.99. The molecule has 0 bridgehead atoms. The largest absolute Gasteiger partial charge is 0.467 e. The predicted molar refractivity (Wildman–Crippen MR) is 101 cm³/mol. The van der Waals surface area contributed by atoms with Crippen molar-refractivity contribution < 1.29 is 9.21 Å². The van der Waals surface area contributed by atoms with Crippen LogP contribution in [0.2, 0.25) is 0 Å². The van der Waals surface area contributed by atoms with Crippen LogP contribution >= 0.6 is 11.8 Å². The lowest BCUT2D eigenvalue weighted by atomic mass is 10.1. The summed E-state index contributed by atoms with van der Waals surface area (Å²) in [6.45, 7) is 4.06. The van der Waals surface area contributed by atoms with E-state index in [4.69, 9.17) is 4.42 Å². The van der Waals surface area contributed by atoms with Gasteiger partial charge in [0.2, 0.25) is 5.91 Å². The minimum Gasteiger partial charge on any atom is -0.467 e. The van der Waals surface area contributed by atoms with Gasteiger partial charge in [-0.05, 0) is 37.1 Å². The van der Waals surface area contributed by atoms with Crippen LogP contribution in [0.25, 0.3) is 5.69 Å². The van der Waals surface area contributed by atoms with E-state index in [2.05, 4.69) is 23.2 Å². The standard InChI is InChI=1S/C19H22N4O2S/c1-4-15-8-5-6-9-16(15)23-13-20-21-19(23)26-12-18(24)22(3)14(2)17-10-7-11-25-17/h5-11,13-14H,4,12H2,1-3H3. The van der Waals surface area contributed by atoms with Crippen molar-refractivity contribution in [3.05, 3.63) is 60.3 Å². The summed E-state index contributed by atoms with van der Waals surface area (Å²) in [6, 6.07) is 11.7. The first-order valence-corrected chi connectivity index (χ1v) is 9.50. The van der Waals surface area contributed by atoms with Crippen LogP contribution in [0.4, 0.5) is 0 Å². The van der Waals surface area contributed by atoms with Crippen LogP contribution < -0.4 is 0 Å². The third kappa shape index (κ3) is 3.83. The number of aromatic nitrogens is 3. The Balaban J connectivity index is 1.69. The molecule has 2 heterocycles. The Morgan fingerprint density at radius 2 is 2.12 bits per heavy atom. The van der Waals surface area contributed by atoms with Crippen LogP contribution in [0.3, 0.4) is 0 Å². The average molecular weight is 370 g/mol. The molecule has 0 spiro atoms. The average Bonchev–Trinajstić information content (AvgIpc) is 3.36. The SMILES string of the molecule is CCc1ccccc1-n1cnnc1SCC(=O)N(C)C(C)c1ccco1. The number of nitrogens with zero attached hydrogens (tertiary/aromatic N) is 4. The molecule has 26 heavy (non-hydrogen) atoms. The summed E-state index contributed by atoms with van der Waals surface area (Å²) in [4.78, 5) is 14.2. The van der Waals surface area contributed by atoms with E-state index in [1.165, 1.54) is 17.3 Å². The molecule has 0 aliphatic carbocycles. The van der Waals surface area contributed by atoms with Crippen molar-refractivity contribution in [2.45, 2.75) is 31.5 Å². The fraction of sp³-hybridized carbons (Fsp3) is 0.316. The molecule has 0 radical (unpaired) electrons. The molecular formula is C19H22N4O2S. The number of carbonyl (C=O) groups excluding carboxylic acids is 1. The molecule has 136 valence electrons. The minimum atomic E-state index is -0.114.